The number of aliphatic imine (C=N–C) groups is 1. The van der Waals surface area contributed by atoms with Crippen molar-refractivity contribution in [3.63, 3.8) is 0 Å². The Bertz CT molecular complexity index is 1270. The fourth-order valence-electron chi connectivity index (χ4n) is 4.25. The van der Waals surface area contributed by atoms with Crippen molar-refractivity contribution < 1.29 is 9.53 Å². The molecule has 0 N–H and O–H groups in total. The second-order valence-corrected chi connectivity index (χ2v) is 11.1. The Hall–Kier alpha value is -2.68. The van der Waals surface area contributed by atoms with Gasteiger partial charge in [-0.3, -0.25) is 9.69 Å². The monoisotopic (exact) mass is 524 g/mol. The number of hydrogen-bond donors (Lipinski definition) is 0. The molecule has 35 heavy (non-hydrogen) atoms. The lowest BCUT2D eigenvalue weighted by Crippen LogP contribution is -2.40. The molecule has 1 aliphatic carbocycles. The van der Waals surface area contributed by atoms with E-state index < -0.39 is 0 Å². The van der Waals surface area contributed by atoms with Crippen LogP contribution in [0.2, 0.25) is 5.02 Å². The van der Waals surface area contributed by atoms with E-state index in [1.54, 1.807) is 0 Å². The number of thioether (sulfide) groups is 1. The minimum absolute atomic E-state index is 0.00519. The summed E-state index contributed by atoms with van der Waals surface area (Å²) in [5.41, 5.74) is 1.88. The Balaban J connectivity index is 1.42. The van der Waals surface area contributed by atoms with Crippen LogP contribution < -0.4 is 4.74 Å². The molecule has 1 aromatic heterocycles. The Kier molecular flexibility index (Phi) is 7.51. The zero-order valence-corrected chi connectivity index (χ0v) is 21.7. The summed E-state index contributed by atoms with van der Waals surface area (Å²) in [5.74, 6) is 0.715. The van der Waals surface area contributed by atoms with Gasteiger partial charge < -0.3 is 4.74 Å². The molecular formula is C26H25ClN4O2S2. The SMILES string of the molecule is Cc1nnc(/N=C2/S/C(=C\c3ccccc3OCc3ccc(Cl)cc3)C(=O)N2C2CCCCC2)s1. The summed E-state index contributed by atoms with van der Waals surface area (Å²) in [7, 11) is 0. The zero-order chi connectivity index (χ0) is 24.2. The van der Waals surface area contributed by atoms with E-state index in [0.717, 1.165) is 47.6 Å². The van der Waals surface area contributed by atoms with Crippen molar-refractivity contribution in [2.45, 2.75) is 51.7 Å². The predicted octanol–water partition coefficient (Wildman–Crippen LogP) is 7.02. The van der Waals surface area contributed by atoms with Crippen LogP contribution in [0.25, 0.3) is 6.08 Å². The number of aromatic nitrogens is 2. The first kappa shape index (κ1) is 24.0. The predicted molar refractivity (Wildman–Crippen MR) is 143 cm³/mol. The first-order chi connectivity index (χ1) is 17.1. The second-order valence-electron chi connectivity index (χ2n) is 8.53. The van der Waals surface area contributed by atoms with Crippen LogP contribution in [0.4, 0.5) is 5.13 Å². The van der Waals surface area contributed by atoms with Crippen molar-refractivity contribution in [1.29, 1.82) is 0 Å². The number of benzene rings is 2. The molecule has 2 heterocycles. The average Bonchev–Trinajstić information content (AvgIpc) is 3.42. The Labute approximate surface area is 218 Å². The van der Waals surface area contributed by atoms with Crippen LogP contribution in [-0.4, -0.2) is 32.2 Å². The van der Waals surface area contributed by atoms with Gasteiger partial charge in [-0.25, -0.2) is 0 Å². The number of carbonyl (C=O) groups is 1. The van der Waals surface area contributed by atoms with Gasteiger partial charge in [0.25, 0.3) is 5.91 Å². The maximum Gasteiger partial charge on any atom is 0.267 e. The van der Waals surface area contributed by atoms with Gasteiger partial charge in [0.15, 0.2) is 5.17 Å². The summed E-state index contributed by atoms with van der Waals surface area (Å²) in [6, 6.07) is 15.5. The molecule has 0 radical (unpaired) electrons. The molecule has 0 unspecified atom stereocenters. The lowest BCUT2D eigenvalue weighted by Gasteiger charge is -2.30. The molecule has 5 rings (SSSR count). The normalized spacial score (nSPS) is 19.1. The highest BCUT2D eigenvalue weighted by molar-refractivity contribution is 8.18. The number of amidine groups is 1. The maximum atomic E-state index is 13.6. The van der Waals surface area contributed by atoms with Crippen LogP contribution in [0, 0.1) is 6.92 Å². The molecule has 180 valence electrons. The second kappa shape index (κ2) is 10.9. The Morgan fingerprint density at radius 3 is 2.63 bits per heavy atom. The van der Waals surface area contributed by atoms with Crippen molar-refractivity contribution in [3.8, 4) is 5.75 Å². The molecule has 9 heteroatoms. The number of rotatable bonds is 6. The van der Waals surface area contributed by atoms with Gasteiger partial charge in [-0.1, -0.05) is 72.5 Å². The molecule has 1 amide bonds. The summed E-state index contributed by atoms with van der Waals surface area (Å²) in [4.78, 5) is 20.9. The van der Waals surface area contributed by atoms with E-state index in [1.165, 1.54) is 29.5 Å². The van der Waals surface area contributed by atoms with Gasteiger partial charge in [-0.05, 0) is 61.4 Å². The molecule has 2 fully saturated rings. The number of para-hydroxylation sites is 1. The molecule has 3 aromatic rings. The fourth-order valence-corrected chi connectivity index (χ4v) is 6.03. The van der Waals surface area contributed by atoms with Crippen LogP contribution >= 0.6 is 34.7 Å². The van der Waals surface area contributed by atoms with Gasteiger partial charge in [0.05, 0.1) is 4.91 Å². The summed E-state index contributed by atoms with van der Waals surface area (Å²) in [5, 5.41) is 11.0. The third kappa shape index (κ3) is 5.77. The van der Waals surface area contributed by atoms with Crippen molar-refractivity contribution in [1.82, 2.24) is 15.1 Å². The quantitative estimate of drug-likeness (QED) is 0.324. The highest BCUT2D eigenvalue weighted by Crippen LogP contribution is 2.39. The van der Waals surface area contributed by atoms with E-state index in [0.29, 0.717) is 26.8 Å². The lowest BCUT2D eigenvalue weighted by molar-refractivity contribution is -0.124. The van der Waals surface area contributed by atoms with Crippen molar-refractivity contribution in [2.75, 3.05) is 0 Å². The molecule has 0 atom stereocenters. The highest BCUT2D eigenvalue weighted by Gasteiger charge is 2.39. The number of halogens is 1. The number of nitrogens with zero attached hydrogens (tertiary/aromatic N) is 4. The number of amides is 1. The average molecular weight is 525 g/mol. The lowest BCUT2D eigenvalue weighted by atomic mass is 9.94. The van der Waals surface area contributed by atoms with E-state index >= 15 is 0 Å². The van der Waals surface area contributed by atoms with Crippen LogP contribution in [0.1, 0.15) is 48.2 Å². The van der Waals surface area contributed by atoms with E-state index in [4.69, 9.17) is 21.3 Å². The van der Waals surface area contributed by atoms with Crippen molar-refractivity contribution in [2.24, 2.45) is 4.99 Å². The third-order valence-electron chi connectivity index (χ3n) is 6.00. The van der Waals surface area contributed by atoms with Gasteiger partial charge in [0.2, 0.25) is 5.13 Å². The largest absolute Gasteiger partial charge is 0.488 e. The highest BCUT2D eigenvalue weighted by atomic mass is 35.5. The van der Waals surface area contributed by atoms with Gasteiger partial charge in [0, 0.05) is 16.6 Å². The molecule has 0 spiro atoms. The summed E-state index contributed by atoms with van der Waals surface area (Å²) < 4.78 is 6.11. The van der Waals surface area contributed by atoms with Gasteiger partial charge >= 0.3 is 0 Å². The summed E-state index contributed by atoms with van der Waals surface area (Å²) in [6.45, 7) is 2.31. The van der Waals surface area contributed by atoms with Crippen molar-refractivity contribution in [3.05, 3.63) is 74.6 Å². The fraction of sp³-hybridized carbons (Fsp3) is 0.308. The first-order valence-corrected chi connectivity index (χ1v) is 13.7. The van der Waals surface area contributed by atoms with Gasteiger partial charge in [-0.15, -0.1) is 10.2 Å². The van der Waals surface area contributed by atoms with Crippen LogP contribution in [0.5, 0.6) is 5.75 Å². The van der Waals surface area contributed by atoms with Crippen molar-refractivity contribution >= 4 is 57.0 Å². The Morgan fingerprint density at radius 1 is 1.11 bits per heavy atom. The topological polar surface area (TPSA) is 67.7 Å². The number of carbonyl (C=O) groups excluding carboxylic acids is 1. The van der Waals surface area contributed by atoms with Crippen LogP contribution in [-0.2, 0) is 11.4 Å². The summed E-state index contributed by atoms with van der Waals surface area (Å²) >= 11 is 8.82. The maximum absolute atomic E-state index is 13.6. The first-order valence-electron chi connectivity index (χ1n) is 11.6. The smallest absolute Gasteiger partial charge is 0.267 e. The summed E-state index contributed by atoms with van der Waals surface area (Å²) in [6.07, 6.45) is 7.38. The standard InChI is InChI=1S/C26H25ClN4O2S2/c1-17-29-30-25(34-17)28-26-31(21-8-3-2-4-9-21)24(32)23(35-26)15-19-7-5-6-10-22(19)33-16-18-11-13-20(27)14-12-18/h5-7,10-15,21H,2-4,8-9,16H2,1H3/b23-15-,28-26+. The number of ether oxygens (including phenoxy) is 1. The molecule has 6 nitrogen and oxygen atoms in total. The molecule has 0 bridgehead atoms. The molecule has 2 aromatic carbocycles. The van der Waals surface area contributed by atoms with Crippen LogP contribution in [0.15, 0.2) is 58.4 Å². The minimum Gasteiger partial charge on any atom is -0.488 e. The van der Waals surface area contributed by atoms with Gasteiger partial charge in [-0.2, -0.15) is 4.99 Å². The zero-order valence-electron chi connectivity index (χ0n) is 19.3. The number of hydrogen-bond acceptors (Lipinski definition) is 7. The number of aryl methyl sites for hydroxylation is 1. The minimum atomic E-state index is -0.00519. The van der Waals surface area contributed by atoms with Crippen LogP contribution in [0.3, 0.4) is 0 Å². The molecule has 1 aliphatic heterocycles. The van der Waals surface area contributed by atoms with E-state index in [-0.39, 0.29) is 11.9 Å². The molecule has 1 saturated heterocycles. The molecule has 1 saturated carbocycles. The third-order valence-corrected chi connectivity index (χ3v) is 7.96. The molecule has 2 aliphatic rings. The molecular weight excluding hydrogens is 500 g/mol. The van der Waals surface area contributed by atoms with Gasteiger partial charge in [0.1, 0.15) is 17.4 Å². The Morgan fingerprint density at radius 2 is 1.89 bits per heavy atom. The van der Waals surface area contributed by atoms with E-state index in [9.17, 15) is 4.79 Å². The van der Waals surface area contributed by atoms with E-state index in [2.05, 4.69) is 10.2 Å². The van der Waals surface area contributed by atoms with E-state index in [1.807, 2.05) is 66.4 Å².